The molecule has 0 rings (SSSR count). The van der Waals surface area contributed by atoms with Gasteiger partial charge in [-0.05, 0) is 6.92 Å². The number of rotatable bonds is 4. The van der Waals surface area contributed by atoms with E-state index in [4.69, 9.17) is 0 Å². The van der Waals surface area contributed by atoms with Gasteiger partial charge < -0.3 is 0 Å². The molecule has 0 aromatic carbocycles. The minimum absolute atomic E-state index is 0.332. The second kappa shape index (κ2) is 3.71. The third-order valence-electron chi connectivity index (χ3n) is 0.752. The Balaban J connectivity index is 3.65. The van der Waals surface area contributed by atoms with Gasteiger partial charge in [0.1, 0.15) is 5.78 Å². The highest BCUT2D eigenvalue weighted by atomic mass is 16.6. The number of nitrogens with zero attached hydrogens (tertiary/aromatic N) is 1. The SMILES string of the molecule is CC(=O)CC(=O)C[N+](=O)[O-]. The van der Waals surface area contributed by atoms with E-state index in [1.54, 1.807) is 0 Å². The summed E-state index contributed by atoms with van der Waals surface area (Å²) in [7, 11) is 0. The van der Waals surface area contributed by atoms with E-state index in [-0.39, 0.29) is 12.2 Å². The summed E-state index contributed by atoms with van der Waals surface area (Å²) < 4.78 is 0. The molecule has 0 N–H and O–H groups in total. The van der Waals surface area contributed by atoms with Crippen molar-refractivity contribution < 1.29 is 14.5 Å². The van der Waals surface area contributed by atoms with Crippen molar-refractivity contribution in [2.45, 2.75) is 13.3 Å². The van der Waals surface area contributed by atoms with Gasteiger partial charge in [0.05, 0.1) is 6.42 Å². The van der Waals surface area contributed by atoms with Crippen LogP contribution in [0, 0.1) is 10.1 Å². The fraction of sp³-hybridized carbons (Fsp3) is 0.600. The number of hydrogen-bond acceptors (Lipinski definition) is 4. The molecule has 10 heavy (non-hydrogen) atoms. The molecule has 0 spiro atoms. The zero-order chi connectivity index (χ0) is 8.15. The maximum atomic E-state index is 10.4. The maximum Gasteiger partial charge on any atom is 0.261 e. The highest BCUT2D eigenvalue weighted by molar-refractivity contribution is 5.98. The van der Waals surface area contributed by atoms with Gasteiger partial charge in [-0.1, -0.05) is 0 Å². The number of carbonyl (C=O) groups excluding carboxylic acids is 2. The van der Waals surface area contributed by atoms with Crippen molar-refractivity contribution in [1.82, 2.24) is 0 Å². The molecule has 0 aliphatic carbocycles. The second-order valence-electron chi connectivity index (χ2n) is 1.91. The summed E-state index contributed by atoms with van der Waals surface area (Å²) in [5.41, 5.74) is 0. The lowest BCUT2D eigenvalue weighted by Crippen LogP contribution is -2.15. The van der Waals surface area contributed by atoms with E-state index in [0.717, 1.165) is 0 Å². The lowest BCUT2D eigenvalue weighted by atomic mass is 10.2. The van der Waals surface area contributed by atoms with Crippen LogP contribution in [0.4, 0.5) is 0 Å². The minimum atomic E-state index is -0.750. The molecule has 5 heteroatoms. The first kappa shape index (κ1) is 8.74. The number of carbonyl (C=O) groups is 2. The molecule has 0 atom stereocenters. The van der Waals surface area contributed by atoms with Crippen molar-refractivity contribution in [2.75, 3.05) is 6.54 Å². The largest absolute Gasteiger partial charge is 0.300 e. The second-order valence-corrected chi connectivity index (χ2v) is 1.91. The van der Waals surface area contributed by atoms with E-state index in [0.29, 0.717) is 0 Å². The Hall–Kier alpha value is -1.26. The Morgan fingerprint density at radius 2 is 2.00 bits per heavy atom. The van der Waals surface area contributed by atoms with Crippen LogP contribution in [0.5, 0.6) is 0 Å². The number of Topliss-reactive ketones (excluding diaryl/α,β-unsaturated/α-hetero) is 2. The third-order valence-corrected chi connectivity index (χ3v) is 0.752. The van der Waals surface area contributed by atoms with Crippen molar-refractivity contribution in [1.29, 1.82) is 0 Å². The summed E-state index contributed by atoms with van der Waals surface area (Å²) in [5.74, 6) is -0.982. The molecule has 56 valence electrons. The molecule has 0 aliphatic rings. The molecule has 0 aromatic heterocycles. The van der Waals surface area contributed by atoms with Crippen LogP contribution in [-0.2, 0) is 9.59 Å². The summed E-state index contributed by atoms with van der Waals surface area (Å²) in [6, 6.07) is 0. The van der Waals surface area contributed by atoms with Crippen LogP contribution in [0.15, 0.2) is 0 Å². The van der Waals surface area contributed by atoms with Crippen molar-refractivity contribution in [3.63, 3.8) is 0 Å². The highest BCUT2D eigenvalue weighted by Crippen LogP contribution is 1.84. The van der Waals surface area contributed by atoms with E-state index in [1.807, 2.05) is 0 Å². The molecular weight excluding hydrogens is 138 g/mol. The zero-order valence-electron chi connectivity index (χ0n) is 5.49. The topological polar surface area (TPSA) is 77.3 Å². The standard InChI is InChI=1S/C5H7NO4/c1-4(7)2-5(8)3-6(9)10/h2-3H2,1H3. The summed E-state index contributed by atoms with van der Waals surface area (Å²) in [4.78, 5) is 29.5. The minimum Gasteiger partial charge on any atom is -0.300 e. The summed E-state index contributed by atoms with van der Waals surface area (Å²) in [6.07, 6.45) is -0.332. The molecule has 0 saturated heterocycles. The monoisotopic (exact) mass is 145 g/mol. The smallest absolute Gasteiger partial charge is 0.261 e. The van der Waals surface area contributed by atoms with Crippen LogP contribution in [0.3, 0.4) is 0 Å². The van der Waals surface area contributed by atoms with E-state index in [9.17, 15) is 19.7 Å². The average molecular weight is 145 g/mol. The van der Waals surface area contributed by atoms with Gasteiger partial charge in [0.2, 0.25) is 5.78 Å². The van der Waals surface area contributed by atoms with Gasteiger partial charge in [0, 0.05) is 4.92 Å². The summed E-state index contributed by atoms with van der Waals surface area (Å²) in [6.45, 7) is 0.470. The van der Waals surface area contributed by atoms with Crippen molar-refractivity contribution in [2.24, 2.45) is 0 Å². The summed E-state index contributed by atoms with van der Waals surface area (Å²) in [5, 5.41) is 9.66. The van der Waals surface area contributed by atoms with Crippen LogP contribution in [0.25, 0.3) is 0 Å². The molecule has 0 amide bonds. The fourth-order valence-electron chi connectivity index (χ4n) is 0.478. The normalized spacial score (nSPS) is 8.90. The molecular formula is C5H7NO4. The molecule has 0 heterocycles. The fourth-order valence-corrected chi connectivity index (χ4v) is 0.478. The maximum absolute atomic E-state index is 10.4. The van der Waals surface area contributed by atoms with Gasteiger partial charge in [-0.25, -0.2) is 0 Å². The number of ketones is 2. The van der Waals surface area contributed by atoms with Crippen LogP contribution < -0.4 is 0 Å². The van der Waals surface area contributed by atoms with E-state index >= 15 is 0 Å². The molecule has 0 aliphatic heterocycles. The molecule has 5 nitrogen and oxygen atoms in total. The number of hydrogen-bond donors (Lipinski definition) is 0. The molecule has 0 bridgehead atoms. The predicted octanol–water partition coefficient (Wildman–Crippen LogP) is -0.189. The van der Waals surface area contributed by atoms with Crippen LogP contribution in [0.1, 0.15) is 13.3 Å². The van der Waals surface area contributed by atoms with Crippen LogP contribution in [0.2, 0.25) is 0 Å². The Labute approximate surface area is 57.2 Å². The van der Waals surface area contributed by atoms with E-state index in [2.05, 4.69) is 0 Å². The van der Waals surface area contributed by atoms with E-state index < -0.39 is 17.3 Å². The highest BCUT2D eigenvalue weighted by Gasteiger charge is 2.10. The molecule has 0 fully saturated rings. The first-order valence-corrected chi connectivity index (χ1v) is 2.65. The average Bonchev–Trinajstić information content (AvgIpc) is 1.58. The Morgan fingerprint density at radius 3 is 2.30 bits per heavy atom. The number of nitro groups is 1. The van der Waals surface area contributed by atoms with Crippen molar-refractivity contribution in [3.8, 4) is 0 Å². The Bertz CT molecular complexity index is 156. The van der Waals surface area contributed by atoms with Gasteiger partial charge >= 0.3 is 0 Å². The lowest BCUT2D eigenvalue weighted by molar-refractivity contribution is -0.467. The van der Waals surface area contributed by atoms with Crippen molar-refractivity contribution in [3.05, 3.63) is 10.1 Å². The Morgan fingerprint density at radius 1 is 1.50 bits per heavy atom. The Kier molecular flexibility index (Phi) is 3.24. The first-order chi connectivity index (χ1) is 4.52. The van der Waals surface area contributed by atoms with Gasteiger partial charge in [-0.15, -0.1) is 0 Å². The quantitative estimate of drug-likeness (QED) is 0.312. The first-order valence-electron chi connectivity index (χ1n) is 2.65. The molecule has 0 saturated carbocycles. The molecule has 0 radical (unpaired) electrons. The lowest BCUT2D eigenvalue weighted by Gasteiger charge is -1.88. The van der Waals surface area contributed by atoms with Gasteiger partial charge in [-0.3, -0.25) is 19.7 Å². The third kappa shape index (κ3) is 4.89. The zero-order valence-corrected chi connectivity index (χ0v) is 5.49. The molecule has 0 aromatic rings. The van der Waals surface area contributed by atoms with Crippen LogP contribution in [-0.4, -0.2) is 23.0 Å². The van der Waals surface area contributed by atoms with E-state index in [1.165, 1.54) is 6.92 Å². The van der Waals surface area contributed by atoms with Gasteiger partial charge in [-0.2, -0.15) is 0 Å². The van der Waals surface area contributed by atoms with Gasteiger partial charge in [0.25, 0.3) is 6.54 Å². The predicted molar refractivity (Wildman–Crippen MR) is 32.2 cm³/mol. The summed E-state index contributed by atoms with van der Waals surface area (Å²) >= 11 is 0. The molecule has 0 unspecified atom stereocenters. The van der Waals surface area contributed by atoms with Crippen molar-refractivity contribution >= 4 is 11.6 Å². The van der Waals surface area contributed by atoms with Gasteiger partial charge in [0.15, 0.2) is 0 Å². The van der Waals surface area contributed by atoms with Crippen LogP contribution >= 0.6 is 0 Å².